The number of rotatable bonds is 4. The van der Waals surface area contributed by atoms with Crippen molar-refractivity contribution in [1.82, 2.24) is 9.80 Å². The van der Waals surface area contributed by atoms with Gasteiger partial charge in [-0.1, -0.05) is 12.1 Å². The molecule has 2 rings (SSSR count). The zero-order chi connectivity index (χ0) is 19.3. The van der Waals surface area contributed by atoms with Gasteiger partial charge in [0.1, 0.15) is 5.60 Å². The van der Waals surface area contributed by atoms with Crippen molar-refractivity contribution in [3.8, 4) is 0 Å². The number of Topliss-reactive ketones (excluding diaryl/α,β-unsaturated/α-hetero) is 1. The average molecular weight is 361 g/mol. The summed E-state index contributed by atoms with van der Waals surface area (Å²) < 4.78 is 5.37. The van der Waals surface area contributed by atoms with Crippen molar-refractivity contribution in [3.63, 3.8) is 0 Å². The van der Waals surface area contributed by atoms with Crippen LogP contribution >= 0.6 is 0 Å². The van der Waals surface area contributed by atoms with Crippen LogP contribution in [0.2, 0.25) is 0 Å². The molecule has 1 aliphatic rings. The maximum Gasteiger partial charge on any atom is 0.410 e. The summed E-state index contributed by atoms with van der Waals surface area (Å²) in [7, 11) is 0. The number of carbonyl (C=O) groups excluding carboxylic acids is 3. The molecular weight excluding hydrogens is 334 g/mol. The minimum atomic E-state index is -0.516. The van der Waals surface area contributed by atoms with Crippen LogP contribution in [0.5, 0.6) is 0 Å². The van der Waals surface area contributed by atoms with Crippen molar-refractivity contribution in [2.75, 3.05) is 38.0 Å². The van der Waals surface area contributed by atoms with Crippen LogP contribution in [-0.4, -0.2) is 65.9 Å². The number of nitrogens with zero attached hydrogens (tertiary/aromatic N) is 2. The van der Waals surface area contributed by atoms with E-state index in [1.807, 2.05) is 25.7 Å². The Hall–Kier alpha value is -2.41. The van der Waals surface area contributed by atoms with Gasteiger partial charge in [-0.05, 0) is 39.8 Å². The zero-order valence-electron chi connectivity index (χ0n) is 15.9. The van der Waals surface area contributed by atoms with Crippen molar-refractivity contribution in [3.05, 3.63) is 29.8 Å². The number of para-hydroxylation sites is 1. The van der Waals surface area contributed by atoms with Crippen molar-refractivity contribution >= 4 is 23.5 Å². The largest absolute Gasteiger partial charge is 0.444 e. The normalized spacial score (nSPS) is 15.5. The van der Waals surface area contributed by atoms with Crippen LogP contribution < -0.4 is 5.32 Å². The summed E-state index contributed by atoms with van der Waals surface area (Å²) in [6, 6.07) is 6.95. The number of anilines is 1. The van der Waals surface area contributed by atoms with Crippen LogP contribution in [0, 0.1) is 0 Å². The van der Waals surface area contributed by atoms with Gasteiger partial charge in [-0.15, -0.1) is 0 Å². The van der Waals surface area contributed by atoms with Gasteiger partial charge in [0, 0.05) is 31.7 Å². The number of ether oxygens (including phenoxy) is 1. The number of piperazine rings is 1. The van der Waals surface area contributed by atoms with Crippen LogP contribution in [0.25, 0.3) is 0 Å². The molecule has 0 radical (unpaired) electrons. The third-order valence-corrected chi connectivity index (χ3v) is 3.97. The summed E-state index contributed by atoms with van der Waals surface area (Å²) in [5.74, 6) is -0.267. The van der Waals surface area contributed by atoms with E-state index in [2.05, 4.69) is 5.32 Å². The summed E-state index contributed by atoms with van der Waals surface area (Å²) in [6.45, 7) is 9.44. The fourth-order valence-corrected chi connectivity index (χ4v) is 2.71. The fraction of sp³-hybridized carbons (Fsp3) is 0.526. The van der Waals surface area contributed by atoms with Gasteiger partial charge >= 0.3 is 6.09 Å². The highest BCUT2D eigenvalue weighted by Crippen LogP contribution is 2.16. The van der Waals surface area contributed by atoms with E-state index in [0.717, 1.165) is 0 Å². The van der Waals surface area contributed by atoms with Gasteiger partial charge in [0.15, 0.2) is 5.78 Å². The molecule has 1 fully saturated rings. The number of ketones is 1. The quantitative estimate of drug-likeness (QED) is 0.833. The SMILES string of the molecule is CC(=O)c1ccccc1NC(=O)CN1CCN(C(=O)OC(C)(C)C)CC1. The van der Waals surface area contributed by atoms with Gasteiger partial charge in [-0.2, -0.15) is 0 Å². The molecule has 1 aliphatic heterocycles. The minimum Gasteiger partial charge on any atom is -0.444 e. The Morgan fingerprint density at radius 2 is 1.69 bits per heavy atom. The molecular formula is C19H27N3O4. The number of benzene rings is 1. The second-order valence-corrected chi connectivity index (χ2v) is 7.39. The van der Waals surface area contributed by atoms with Gasteiger partial charge < -0.3 is 15.0 Å². The minimum absolute atomic E-state index is 0.0909. The number of hydrogen-bond acceptors (Lipinski definition) is 5. The first-order chi connectivity index (χ1) is 12.2. The molecule has 1 N–H and O–H groups in total. The van der Waals surface area contributed by atoms with Gasteiger partial charge in [0.25, 0.3) is 0 Å². The highest BCUT2D eigenvalue weighted by atomic mass is 16.6. The lowest BCUT2D eigenvalue weighted by molar-refractivity contribution is -0.117. The first-order valence-corrected chi connectivity index (χ1v) is 8.76. The predicted molar refractivity (Wildman–Crippen MR) is 99.3 cm³/mol. The van der Waals surface area contributed by atoms with Crippen LogP contribution in [0.1, 0.15) is 38.1 Å². The molecule has 0 atom stereocenters. The van der Waals surface area contributed by atoms with Crippen LogP contribution in [0.3, 0.4) is 0 Å². The van der Waals surface area contributed by atoms with Gasteiger partial charge in [-0.25, -0.2) is 4.79 Å². The standard InChI is InChI=1S/C19H27N3O4/c1-14(23)15-7-5-6-8-16(15)20-17(24)13-21-9-11-22(12-10-21)18(25)26-19(2,3)4/h5-8H,9-13H2,1-4H3,(H,20,24). The molecule has 7 heteroatoms. The number of carbonyl (C=O) groups is 3. The van der Waals surface area contributed by atoms with Crippen LogP contribution in [-0.2, 0) is 9.53 Å². The van der Waals surface area contributed by atoms with Crippen LogP contribution in [0.4, 0.5) is 10.5 Å². The molecule has 26 heavy (non-hydrogen) atoms. The molecule has 0 saturated carbocycles. The number of hydrogen-bond donors (Lipinski definition) is 1. The molecule has 0 unspecified atom stereocenters. The van der Waals surface area contributed by atoms with Gasteiger partial charge in [-0.3, -0.25) is 14.5 Å². The molecule has 1 aromatic rings. The average Bonchev–Trinajstić information content (AvgIpc) is 2.54. The second-order valence-electron chi connectivity index (χ2n) is 7.39. The van der Waals surface area contributed by atoms with Crippen molar-refractivity contribution in [1.29, 1.82) is 0 Å². The number of amides is 2. The summed E-state index contributed by atoms with van der Waals surface area (Å²) in [5, 5.41) is 2.80. The molecule has 2 amide bonds. The Bertz CT molecular complexity index is 674. The van der Waals surface area contributed by atoms with E-state index in [0.29, 0.717) is 37.4 Å². The molecule has 1 saturated heterocycles. The Balaban J connectivity index is 1.83. The summed E-state index contributed by atoms with van der Waals surface area (Å²) >= 11 is 0. The lowest BCUT2D eigenvalue weighted by atomic mass is 10.1. The molecule has 0 spiro atoms. The maximum atomic E-state index is 12.3. The third-order valence-electron chi connectivity index (χ3n) is 3.97. The predicted octanol–water partition coefficient (Wildman–Crippen LogP) is 2.38. The monoisotopic (exact) mass is 361 g/mol. The zero-order valence-corrected chi connectivity index (χ0v) is 15.9. The van der Waals surface area contributed by atoms with E-state index >= 15 is 0 Å². The smallest absolute Gasteiger partial charge is 0.410 e. The van der Waals surface area contributed by atoms with E-state index < -0.39 is 5.60 Å². The lowest BCUT2D eigenvalue weighted by Gasteiger charge is -2.35. The molecule has 142 valence electrons. The van der Waals surface area contributed by atoms with E-state index in [9.17, 15) is 14.4 Å². The number of nitrogens with one attached hydrogen (secondary N) is 1. The van der Waals surface area contributed by atoms with Crippen molar-refractivity contribution < 1.29 is 19.1 Å². The van der Waals surface area contributed by atoms with E-state index in [1.54, 1.807) is 29.2 Å². The van der Waals surface area contributed by atoms with Crippen molar-refractivity contribution in [2.45, 2.75) is 33.3 Å². The molecule has 0 aliphatic carbocycles. The van der Waals surface area contributed by atoms with E-state index in [-0.39, 0.29) is 24.3 Å². The molecule has 7 nitrogen and oxygen atoms in total. The van der Waals surface area contributed by atoms with Crippen LogP contribution in [0.15, 0.2) is 24.3 Å². The summed E-state index contributed by atoms with van der Waals surface area (Å²) in [4.78, 5) is 39.6. The summed E-state index contributed by atoms with van der Waals surface area (Å²) in [5.41, 5.74) is 0.506. The molecule has 1 aromatic carbocycles. The second kappa shape index (κ2) is 8.31. The van der Waals surface area contributed by atoms with Crippen molar-refractivity contribution in [2.24, 2.45) is 0 Å². The van der Waals surface area contributed by atoms with Gasteiger partial charge in [0.05, 0.1) is 12.2 Å². The van der Waals surface area contributed by atoms with E-state index in [1.165, 1.54) is 6.92 Å². The Morgan fingerprint density at radius 1 is 1.08 bits per heavy atom. The molecule has 0 bridgehead atoms. The highest BCUT2D eigenvalue weighted by molar-refractivity contribution is 6.04. The fourth-order valence-electron chi connectivity index (χ4n) is 2.71. The Morgan fingerprint density at radius 3 is 2.27 bits per heavy atom. The lowest BCUT2D eigenvalue weighted by Crippen LogP contribution is -2.51. The highest BCUT2D eigenvalue weighted by Gasteiger charge is 2.26. The van der Waals surface area contributed by atoms with Gasteiger partial charge in [0.2, 0.25) is 5.91 Å². The summed E-state index contributed by atoms with van der Waals surface area (Å²) in [6.07, 6.45) is -0.322. The topological polar surface area (TPSA) is 79.0 Å². The van der Waals surface area contributed by atoms with E-state index in [4.69, 9.17) is 4.74 Å². The first kappa shape index (κ1) is 19.9. The Labute approximate surface area is 154 Å². The maximum absolute atomic E-state index is 12.3. The molecule has 1 heterocycles. The molecule has 0 aromatic heterocycles. The first-order valence-electron chi connectivity index (χ1n) is 8.76. The Kier molecular flexibility index (Phi) is 6.37. The third kappa shape index (κ3) is 5.84.